The van der Waals surface area contributed by atoms with Gasteiger partial charge in [-0.3, -0.25) is 14.5 Å². The van der Waals surface area contributed by atoms with Crippen molar-refractivity contribution in [2.24, 2.45) is 5.92 Å². The summed E-state index contributed by atoms with van der Waals surface area (Å²) in [6.07, 6.45) is 2.34. The minimum Gasteiger partial charge on any atom is -0.507 e. The fraction of sp³-hybridized carbons (Fsp3) is 0.286. The lowest BCUT2D eigenvalue weighted by Gasteiger charge is -2.42. The summed E-state index contributed by atoms with van der Waals surface area (Å²) in [4.78, 5) is 27.8. The molecule has 0 aliphatic carbocycles. The normalized spacial score (nSPS) is 19.1. The fourth-order valence-electron chi connectivity index (χ4n) is 5.59. The van der Waals surface area contributed by atoms with Crippen LogP contribution >= 0.6 is 0 Å². The Labute approximate surface area is 206 Å². The number of nitrogens with zero attached hydrogens (tertiary/aromatic N) is 2. The van der Waals surface area contributed by atoms with Crippen LogP contribution in [-0.2, 0) is 13.1 Å². The maximum atomic E-state index is 13.2. The van der Waals surface area contributed by atoms with E-state index in [1.165, 1.54) is 12.3 Å². The number of phenolic OH excluding ortho intramolecular Hbond substituents is 1. The van der Waals surface area contributed by atoms with Crippen molar-refractivity contribution in [1.29, 1.82) is 0 Å². The highest BCUT2D eigenvalue weighted by atomic mass is 16.5. The maximum Gasteiger partial charge on any atom is 0.250 e. The van der Waals surface area contributed by atoms with Gasteiger partial charge in [0.05, 0.1) is 18.1 Å². The van der Waals surface area contributed by atoms with Crippen molar-refractivity contribution in [3.05, 3.63) is 92.7 Å². The summed E-state index contributed by atoms with van der Waals surface area (Å²) in [5.74, 6) is 1.81. The zero-order valence-electron chi connectivity index (χ0n) is 19.8. The number of pyridine rings is 1. The van der Waals surface area contributed by atoms with Gasteiger partial charge in [-0.1, -0.05) is 12.1 Å². The third-order valence-corrected chi connectivity index (χ3v) is 7.19. The molecule has 0 radical (unpaired) electrons. The summed E-state index contributed by atoms with van der Waals surface area (Å²) in [5, 5.41) is 11.1. The molecule has 0 saturated carbocycles. The molecule has 1 fully saturated rings. The Hall–Kier alpha value is -4.04. The van der Waals surface area contributed by atoms with Gasteiger partial charge < -0.3 is 23.6 Å². The highest BCUT2D eigenvalue weighted by Crippen LogP contribution is 2.37. The Bertz CT molecular complexity index is 1570. The maximum absolute atomic E-state index is 13.2. The van der Waals surface area contributed by atoms with Crippen LogP contribution in [0, 0.1) is 5.92 Å². The van der Waals surface area contributed by atoms with Crippen molar-refractivity contribution < 1.29 is 19.0 Å². The number of rotatable bonds is 5. The molecule has 0 spiro atoms. The van der Waals surface area contributed by atoms with E-state index in [2.05, 4.69) is 4.90 Å². The topological polar surface area (TPSA) is 94.1 Å². The number of likely N-dealkylation sites (tertiary alicyclic amines) is 1. The lowest BCUT2D eigenvalue weighted by Crippen LogP contribution is -2.46. The van der Waals surface area contributed by atoms with Crippen LogP contribution < -0.4 is 20.5 Å². The lowest BCUT2D eigenvalue weighted by molar-refractivity contribution is 0.113. The largest absolute Gasteiger partial charge is 0.507 e. The van der Waals surface area contributed by atoms with Crippen LogP contribution in [0.1, 0.15) is 23.6 Å². The monoisotopic (exact) mass is 486 g/mol. The van der Waals surface area contributed by atoms with Crippen molar-refractivity contribution in [3.63, 3.8) is 0 Å². The third-order valence-electron chi connectivity index (χ3n) is 7.19. The fourth-order valence-corrected chi connectivity index (χ4v) is 5.59. The van der Waals surface area contributed by atoms with E-state index in [4.69, 9.17) is 13.9 Å². The van der Waals surface area contributed by atoms with Crippen LogP contribution in [0.4, 0.5) is 0 Å². The molecule has 2 aromatic carbocycles. The van der Waals surface area contributed by atoms with E-state index in [1.54, 1.807) is 43.5 Å². The number of benzene rings is 2. The van der Waals surface area contributed by atoms with E-state index in [0.717, 1.165) is 25.2 Å². The molecule has 1 N–H and O–H groups in total. The van der Waals surface area contributed by atoms with E-state index in [9.17, 15) is 14.7 Å². The van der Waals surface area contributed by atoms with Gasteiger partial charge in [-0.25, -0.2) is 0 Å². The summed E-state index contributed by atoms with van der Waals surface area (Å²) >= 11 is 0. The Morgan fingerprint density at radius 3 is 2.72 bits per heavy atom. The average Bonchev–Trinajstić information content (AvgIpc) is 2.88. The molecular formula is C28H26N2O6. The van der Waals surface area contributed by atoms with Gasteiger partial charge in [0.25, 0.3) is 5.56 Å². The number of piperidine rings is 1. The number of hydrogen-bond donors (Lipinski definition) is 1. The van der Waals surface area contributed by atoms with Gasteiger partial charge in [0.1, 0.15) is 29.1 Å². The Morgan fingerprint density at radius 2 is 1.86 bits per heavy atom. The number of methoxy groups -OCH3 is 1. The molecular weight excluding hydrogens is 460 g/mol. The smallest absolute Gasteiger partial charge is 0.250 e. The van der Waals surface area contributed by atoms with Gasteiger partial charge >= 0.3 is 0 Å². The molecule has 2 aromatic heterocycles. The molecule has 4 aromatic rings. The molecule has 6 rings (SSSR count). The number of aromatic hydroxyl groups is 1. The molecule has 2 atom stereocenters. The van der Waals surface area contributed by atoms with Gasteiger partial charge in [-0.15, -0.1) is 0 Å². The van der Waals surface area contributed by atoms with Crippen LogP contribution in [0.3, 0.4) is 0 Å². The predicted octanol–water partition coefficient (Wildman–Crippen LogP) is 4.08. The summed E-state index contributed by atoms with van der Waals surface area (Å²) in [7, 11) is 1.56. The lowest BCUT2D eigenvalue weighted by atomic mass is 9.83. The number of phenols is 1. The van der Waals surface area contributed by atoms with E-state index in [0.29, 0.717) is 47.0 Å². The highest BCUT2D eigenvalue weighted by Gasteiger charge is 2.35. The first-order chi connectivity index (χ1) is 17.5. The van der Waals surface area contributed by atoms with Gasteiger partial charge in [-0.05, 0) is 42.7 Å². The third kappa shape index (κ3) is 3.93. The number of hydrogen-bond acceptors (Lipinski definition) is 7. The highest BCUT2D eigenvalue weighted by molar-refractivity contribution is 5.83. The molecule has 36 heavy (non-hydrogen) atoms. The predicted molar refractivity (Wildman–Crippen MR) is 134 cm³/mol. The quantitative estimate of drug-likeness (QED) is 0.454. The minimum atomic E-state index is -0.316. The SMILES string of the molecule is COc1cccc(Oc2coc3c(CN4C[C@H]5C[C@@H](C4)c4cccc(=O)n4C5)c(O)ccc3c2=O)c1. The van der Waals surface area contributed by atoms with Crippen LogP contribution in [0.5, 0.6) is 23.0 Å². The first-order valence-electron chi connectivity index (χ1n) is 12.0. The molecule has 8 nitrogen and oxygen atoms in total. The Morgan fingerprint density at radius 1 is 1.03 bits per heavy atom. The molecule has 184 valence electrons. The second-order valence-electron chi connectivity index (χ2n) is 9.54. The minimum absolute atomic E-state index is 0.0519. The number of aromatic nitrogens is 1. The average molecular weight is 487 g/mol. The van der Waals surface area contributed by atoms with Crippen molar-refractivity contribution in [2.75, 3.05) is 20.2 Å². The standard InChI is InChI=1S/C28H26N2O6/c1-34-19-4-2-5-20(11-19)36-25-16-35-28-21(27(25)33)8-9-24(31)22(28)15-29-12-17-10-18(14-29)23-6-3-7-26(32)30(23)13-17/h2-9,11,16-18,31H,10,12-15H2,1H3/t17-,18+/m1/s1. The van der Waals surface area contributed by atoms with Crippen molar-refractivity contribution >= 4 is 11.0 Å². The van der Waals surface area contributed by atoms with Crippen molar-refractivity contribution in [1.82, 2.24) is 9.47 Å². The second-order valence-corrected chi connectivity index (χ2v) is 9.54. The summed E-state index contributed by atoms with van der Waals surface area (Å²) < 4.78 is 18.8. The van der Waals surface area contributed by atoms with Crippen molar-refractivity contribution in [2.45, 2.75) is 25.4 Å². The molecule has 1 saturated heterocycles. The molecule has 2 aliphatic heterocycles. The summed E-state index contributed by atoms with van der Waals surface area (Å²) in [6, 6.07) is 15.5. The number of fused-ring (bicyclic) bond motifs is 5. The van der Waals surface area contributed by atoms with Crippen molar-refractivity contribution in [3.8, 4) is 23.0 Å². The molecule has 4 heterocycles. The molecule has 0 amide bonds. The molecule has 0 unspecified atom stereocenters. The summed E-state index contributed by atoms with van der Waals surface area (Å²) in [6.45, 7) is 2.70. The Balaban J connectivity index is 1.30. The Kier molecular flexibility index (Phi) is 5.53. The second kappa shape index (κ2) is 8.87. The van der Waals surface area contributed by atoms with Crippen LogP contribution in [0.15, 0.2) is 74.9 Å². The van der Waals surface area contributed by atoms with Gasteiger partial charge in [0.15, 0.2) is 0 Å². The van der Waals surface area contributed by atoms with E-state index >= 15 is 0 Å². The van der Waals surface area contributed by atoms with Crippen LogP contribution in [-0.4, -0.2) is 34.8 Å². The molecule has 8 heteroatoms. The van der Waals surface area contributed by atoms with E-state index in [-0.39, 0.29) is 28.4 Å². The number of ether oxygens (including phenoxy) is 2. The van der Waals surface area contributed by atoms with Gasteiger partial charge in [0.2, 0.25) is 11.2 Å². The molecule has 2 aliphatic rings. The van der Waals surface area contributed by atoms with E-state index in [1.807, 2.05) is 16.7 Å². The first-order valence-corrected chi connectivity index (χ1v) is 12.0. The first kappa shape index (κ1) is 22.4. The van der Waals surface area contributed by atoms with Crippen LogP contribution in [0.25, 0.3) is 11.0 Å². The molecule has 2 bridgehead atoms. The summed E-state index contributed by atoms with van der Waals surface area (Å²) in [5.41, 5.74) is 1.73. The zero-order chi connectivity index (χ0) is 24.8. The van der Waals surface area contributed by atoms with E-state index < -0.39 is 0 Å². The van der Waals surface area contributed by atoms with Crippen LogP contribution in [0.2, 0.25) is 0 Å². The van der Waals surface area contributed by atoms with Gasteiger partial charge in [-0.2, -0.15) is 0 Å². The van der Waals surface area contributed by atoms with Gasteiger partial charge in [0, 0.05) is 49.9 Å². The zero-order valence-corrected chi connectivity index (χ0v) is 19.8.